The zero-order valence-electron chi connectivity index (χ0n) is 11.5. The molecule has 0 fully saturated rings. The molecule has 1 aromatic rings. The monoisotopic (exact) mass is 251 g/mol. The quantitative estimate of drug-likeness (QED) is 0.698. The van der Waals surface area contributed by atoms with E-state index in [0.29, 0.717) is 13.2 Å². The first-order valence-electron chi connectivity index (χ1n) is 6.71. The van der Waals surface area contributed by atoms with Crippen LogP contribution in [0.15, 0.2) is 24.3 Å². The summed E-state index contributed by atoms with van der Waals surface area (Å²) in [5, 5.41) is 9.73. The van der Waals surface area contributed by atoms with Crippen molar-refractivity contribution in [2.24, 2.45) is 5.73 Å². The molecule has 0 heterocycles. The molecule has 0 saturated heterocycles. The van der Waals surface area contributed by atoms with Crippen LogP contribution in [0.1, 0.15) is 38.7 Å². The molecule has 18 heavy (non-hydrogen) atoms. The summed E-state index contributed by atoms with van der Waals surface area (Å²) in [4.78, 5) is 0. The zero-order valence-corrected chi connectivity index (χ0v) is 11.5. The predicted octanol–water partition coefficient (Wildman–Crippen LogP) is 2.51. The molecule has 0 amide bonds. The molecule has 0 saturated carbocycles. The number of hydrogen-bond donors (Lipinski definition) is 2. The molecule has 0 bridgehead atoms. The summed E-state index contributed by atoms with van der Waals surface area (Å²) in [6.07, 6.45) is 3.64. The summed E-state index contributed by atoms with van der Waals surface area (Å²) in [6, 6.07) is 8.20. The van der Waals surface area contributed by atoms with Crippen LogP contribution < -0.4 is 10.5 Å². The highest BCUT2D eigenvalue weighted by atomic mass is 16.5. The van der Waals surface area contributed by atoms with Gasteiger partial charge in [-0.1, -0.05) is 19.1 Å². The molecule has 102 valence electrons. The van der Waals surface area contributed by atoms with Gasteiger partial charge in [-0.25, -0.2) is 0 Å². The Morgan fingerprint density at radius 3 is 2.44 bits per heavy atom. The van der Waals surface area contributed by atoms with Crippen molar-refractivity contribution in [3.63, 3.8) is 0 Å². The summed E-state index contributed by atoms with van der Waals surface area (Å²) in [5.74, 6) is 0.915. The van der Waals surface area contributed by atoms with E-state index >= 15 is 0 Å². The van der Waals surface area contributed by atoms with Crippen LogP contribution in [0.3, 0.4) is 0 Å². The van der Waals surface area contributed by atoms with Gasteiger partial charge in [0, 0.05) is 6.54 Å². The number of rotatable bonds is 8. The first-order chi connectivity index (χ1) is 8.57. The fourth-order valence-corrected chi connectivity index (χ4v) is 1.72. The lowest BCUT2D eigenvalue weighted by molar-refractivity contribution is 0.0562. The van der Waals surface area contributed by atoms with Crippen LogP contribution >= 0.6 is 0 Å². The lowest BCUT2D eigenvalue weighted by Gasteiger charge is -2.20. The number of benzene rings is 1. The normalized spacial score (nSPS) is 14.2. The Morgan fingerprint density at radius 1 is 1.22 bits per heavy atom. The van der Waals surface area contributed by atoms with Gasteiger partial charge in [0.25, 0.3) is 0 Å². The van der Waals surface area contributed by atoms with Crippen LogP contribution in [0.4, 0.5) is 0 Å². The third-order valence-electron chi connectivity index (χ3n) is 3.15. The van der Waals surface area contributed by atoms with Gasteiger partial charge in [0.1, 0.15) is 5.75 Å². The molecule has 0 spiro atoms. The van der Waals surface area contributed by atoms with Crippen LogP contribution in [0.25, 0.3) is 0 Å². The third-order valence-corrected chi connectivity index (χ3v) is 3.15. The molecular formula is C15H25NO2. The lowest BCUT2D eigenvalue weighted by Crippen LogP contribution is -2.33. The summed E-state index contributed by atoms with van der Waals surface area (Å²) in [6.45, 7) is 4.91. The number of nitrogens with two attached hydrogens (primary N) is 1. The Balaban J connectivity index is 2.17. The number of aryl methyl sites for hydroxylation is 1. The van der Waals surface area contributed by atoms with Crippen molar-refractivity contribution in [3.05, 3.63) is 29.8 Å². The van der Waals surface area contributed by atoms with E-state index in [0.717, 1.165) is 31.4 Å². The van der Waals surface area contributed by atoms with E-state index in [-0.39, 0.29) is 0 Å². The van der Waals surface area contributed by atoms with Crippen molar-refractivity contribution < 1.29 is 9.84 Å². The minimum absolute atomic E-state index is 0.312. The Hall–Kier alpha value is -1.06. The van der Waals surface area contributed by atoms with Gasteiger partial charge in [-0.2, -0.15) is 0 Å². The Labute approximate surface area is 110 Å². The molecule has 3 N–H and O–H groups in total. The molecule has 3 heteroatoms. The molecule has 0 aromatic heterocycles. The highest BCUT2D eigenvalue weighted by molar-refractivity contribution is 5.27. The first-order valence-corrected chi connectivity index (χ1v) is 6.71. The number of ether oxygens (including phenoxy) is 1. The average Bonchev–Trinajstić information content (AvgIpc) is 2.39. The molecule has 0 aliphatic rings. The van der Waals surface area contributed by atoms with Crippen molar-refractivity contribution in [3.8, 4) is 5.75 Å². The van der Waals surface area contributed by atoms with Gasteiger partial charge in [0.2, 0.25) is 0 Å². The van der Waals surface area contributed by atoms with E-state index in [1.807, 2.05) is 12.1 Å². The standard InChI is InChI=1S/C15H25NO2/c1-3-13-6-8-14(9-7-13)18-11-5-4-10-15(2,17)12-16/h6-9,17H,3-5,10-12,16H2,1-2H3. The lowest BCUT2D eigenvalue weighted by atomic mass is 10.00. The fraction of sp³-hybridized carbons (Fsp3) is 0.600. The maximum Gasteiger partial charge on any atom is 0.119 e. The fourth-order valence-electron chi connectivity index (χ4n) is 1.72. The van der Waals surface area contributed by atoms with Crippen molar-refractivity contribution in [1.82, 2.24) is 0 Å². The van der Waals surface area contributed by atoms with E-state index in [9.17, 15) is 5.11 Å². The SMILES string of the molecule is CCc1ccc(OCCCCC(C)(O)CN)cc1. The van der Waals surface area contributed by atoms with E-state index in [1.54, 1.807) is 6.92 Å². The Morgan fingerprint density at radius 2 is 1.89 bits per heavy atom. The van der Waals surface area contributed by atoms with Gasteiger partial charge in [-0.3, -0.25) is 0 Å². The van der Waals surface area contributed by atoms with Gasteiger partial charge < -0.3 is 15.6 Å². The average molecular weight is 251 g/mol. The van der Waals surface area contributed by atoms with Crippen LogP contribution in [0.5, 0.6) is 5.75 Å². The van der Waals surface area contributed by atoms with Gasteiger partial charge in [0.15, 0.2) is 0 Å². The van der Waals surface area contributed by atoms with E-state index < -0.39 is 5.60 Å². The van der Waals surface area contributed by atoms with Crippen LogP contribution in [0.2, 0.25) is 0 Å². The first kappa shape index (κ1) is 15.0. The summed E-state index contributed by atoms with van der Waals surface area (Å²) in [7, 11) is 0. The number of hydrogen-bond acceptors (Lipinski definition) is 3. The van der Waals surface area contributed by atoms with Crippen molar-refractivity contribution in [2.45, 2.75) is 45.1 Å². The Bertz CT molecular complexity index is 333. The van der Waals surface area contributed by atoms with Gasteiger partial charge in [-0.05, 0) is 50.3 Å². The van der Waals surface area contributed by atoms with Crippen LogP contribution in [-0.2, 0) is 6.42 Å². The maximum absolute atomic E-state index is 9.73. The molecule has 1 aromatic carbocycles. The second-order valence-electron chi connectivity index (χ2n) is 5.00. The smallest absolute Gasteiger partial charge is 0.119 e. The topological polar surface area (TPSA) is 55.5 Å². The van der Waals surface area contributed by atoms with E-state index in [4.69, 9.17) is 10.5 Å². The summed E-state index contributed by atoms with van der Waals surface area (Å²) in [5.41, 5.74) is 6.05. The molecule has 3 nitrogen and oxygen atoms in total. The highest BCUT2D eigenvalue weighted by Crippen LogP contribution is 2.15. The van der Waals surface area contributed by atoms with Crippen LogP contribution in [0, 0.1) is 0 Å². The minimum atomic E-state index is -0.733. The molecule has 0 radical (unpaired) electrons. The number of aliphatic hydroxyl groups is 1. The van der Waals surface area contributed by atoms with E-state index in [1.165, 1.54) is 5.56 Å². The Kier molecular flexibility index (Phi) is 6.16. The zero-order chi connectivity index (χ0) is 13.4. The molecular weight excluding hydrogens is 226 g/mol. The van der Waals surface area contributed by atoms with E-state index in [2.05, 4.69) is 19.1 Å². The van der Waals surface area contributed by atoms with Gasteiger partial charge in [0.05, 0.1) is 12.2 Å². The number of unbranched alkanes of at least 4 members (excludes halogenated alkanes) is 1. The van der Waals surface area contributed by atoms with Gasteiger partial charge >= 0.3 is 0 Å². The maximum atomic E-state index is 9.73. The predicted molar refractivity (Wildman–Crippen MR) is 74.8 cm³/mol. The second kappa shape index (κ2) is 7.39. The molecule has 1 unspecified atom stereocenters. The summed E-state index contributed by atoms with van der Waals surface area (Å²) >= 11 is 0. The molecule has 1 rings (SSSR count). The minimum Gasteiger partial charge on any atom is -0.494 e. The largest absolute Gasteiger partial charge is 0.494 e. The van der Waals surface area contributed by atoms with Crippen molar-refractivity contribution in [1.29, 1.82) is 0 Å². The van der Waals surface area contributed by atoms with Crippen LogP contribution in [-0.4, -0.2) is 23.9 Å². The molecule has 1 atom stereocenters. The second-order valence-corrected chi connectivity index (χ2v) is 5.00. The summed E-state index contributed by atoms with van der Waals surface area (Å²) < 4.78 is 5.64. The molecule has 0 aliphatic heterocycles. The third kappa shape index (κ3) is 5.52. The van der Waals surface area contributed by atoms with Gasteiger partial charge in [-0.15, -0.1) is 0 Å². The molecule has 0 aliphatic carbocycles. The highest BCUT2D eigenvalue weighted by Gasteiger charge is 2.16. The van der Waals surface area contributed by atoms with Crippen molar-refractivity contribution in [2.75, 3.05) is 13.2 Å². The van der Waals surface area contributed by atoms with Crippen molar-refractivity contribution >= 4 is 0 Å².